The Hall–Kier alpha value is -1.88. The van der Waals surface area contributed by atoms with Gasteiger partial charge in [-0.15, -0.1) is 11.3 Å². The number of piperazine rings is 1. The summed E-state index contributed by atoms with van der Waals surface area (Å²) in [6, 6.07) is 15.1. The summed E-state index contributed by atoms with van der Waals surface area (Å²) < 4.78 is 1.29. The molecule has 0 aromatic heterocycles. The summed E-state index contributed by atoms with van der Waals surface area (Å²) in [5.41, 5.74) is 3.52. The van der Waals surface area contributed by atoms with E-state index in [4.69, 9.17) is 16.6 Å². The molecule has 0 spiro atoms. The van der Waals surface area contributed by atoms with Crippen molar-refractivity contribution in [2.75, 3.05) is 37.6 Å². The monoisotopic (exact) mass is 381 g/mol. The highest BCUT2D eigenvalue weighted by Crippen LogP contribution is 2.40. The van der Waals surface area contributed by atoms with E-state index in [0.717, 1.165) is 48.3 Å². The molecule has 5 rings (SSSR count). The largest absolute Gasteiger partial charge is 0.369 e. The molecule has 26 heavy (non-hydrogen) atoms. The van der Waals surface area contributed by atoms with Gasteiger partial charge in [-0.25, -0.2) is 4.98 Å². The van der Waals surface area contributed by atoms with E-state index in [1.54, 1.807) is 11.3 Å². The highest BCUT2D eigenvalue weighted by molar-refractivity contribution is 7.21. The van der Waals surface area contributed by atoms with Gasteiger partial charge in [0.15, 0.2) is 0 Å². The second kappa shape index (κ2) is 6.38. The van der Waals surface area contributed by atoms with Crippen molar-refractivity contribution in [2.45, 2.75) is 6.92 Å². The minimum Gasteiger partial charge on any atom is -0.369 e. The van der Waals surface area contributed by atoms with E-state index in [1.807, 2.05) is 12.1 Å². The first-order valence-corrected chi connectivity index (χ1v) is 10.3. The molecule has 0 radical (unpaired) electrons. The van der Waals surface area contributed by atoms with Crippen molar-refractivity contribution in [3.63, 3.8) is 0 Å². The summed E-state index contributed by atoms with van der Waals surface area (Å²) in [4.78, 5) is 9.81. The number of aromatic nitrogens is 1. The van der Waals surface area contributed by atoms with E-state index >= 15 is 0 Å². The lowest BCUT2D eigenvalue weighted by atomic mass is 10.1. The first-order chi connectivity index (χ1) is 12.7. The highest BCUT2D eigenvalue weighted by atomic mass is 35.5. The van der Waals surface area contributed by atoms with Crippen LogP contribution in [0.4, 0.5) is 5.69 Å². The molecular weight excluding hydrogens is 362 g/mol. The third kappa shape index (κ3) is 2.73. The fraction of sp³-hybridized carbons (Fsp3) is 0.286. The molecule has 132 valence electrons. The van der Waals surface area contributed by atoms with Gasteiger partial charge in [0.2, 0.25) is 0 Å². The van der Waals surface area contributed by atoms with E-state index in [0.29, 0.717) is 0 Å². The minimum atomic E-state index is 0.739. The van der Waals surface area contributed by atoms with Crippen molar-refractivity contribution < 1.29 is 0 Å². The number of rotatable bonds is 2. The molecule has 3 nitrogen and oxygen atoms in total. The third-order valence-electron chi connectivity index (χ3n) is 5.39. The normalized spacial score (nSPS) is 16.2. The van der Waals surface area contributed by atoms with Crippen LogP contribution in [0, 0.1) is 0 Å². The van der Waals surface area contributed by atoms with Gasteiger partial charge < -0.3 is 9.80 Å². The standard InChI is InChI=1S/C21H20ClN3S/c1-2-24-7-9-25(10-8-24)16-5-3-14-11-18-17-6-4-15(22)12-19(17)23-21(18)26-20(14)13-16/h3-6,11-13H,2,7-10H2,1H3. The van der Waals surface area contributed by atoms with Crippen molar-refractivity contribution in [3.8, 4) is 10.6 Å². The zero-order valence-electron chi connectivity index (χ0n) is 14.7. The molecule has 2 aromatic carbocycles. The zero-order valence-corrected chi connectivity index (χ0v) is 16.3. The van der Waals surface area contributed by atoms with Gasteiger partial charge in [0.1, 0.15) is 5.01 Å². The Bertz CT molecular complexity index is 1070. The predicted molar refractivity (Wildman–Crippen MR) is 113 cm³/mol. The summed E-state index contributed by atoms with van der Waals surface area (Å²) >= 11 is 7.91. The molecule has 0 saturated carbocycles. The van der Waals surface area contributed by atoms with Crippen LogP contribution in [0.5, 0.6) is 0 Å². The number of anilines is 1. The summed E-state index contributed by atoms with van der Waals surface area (Å²) in [6.45, 7) is 7.88. The summed E-state index contributed by atoms with van der Waals surface area (Å²) in [7, 11) is 0. The molecule has 0 atom stereocenters. The van der Waals surface area contributed by atoms with Gasteiger partial charge in [-0.1, -0.05) is 30.7 Å². The van der Waals surface area contributed by atoms with E-state index < -0.39 is 0 Å². The van der Waals surface area contributed by atoms with Crippen LogP contribution in [0.25, 0.3) is 31.6 Å². The molecule has 1 saturated heterocycles. The first kappa shape index (κ1) is 16.3. The van der Waals surface area contributed by atoms with Gasteiger partial charge in [0.05, 0.1) is 5.52 Å². The number of nitrogens with zero attached hydrogens (tertiary/aromatic N) is 3. The number of hydrogen-bond donors (Lipinski definition) is 0. The van der Waals surface area contributed by atoms with Crippen molar-refractivity contribution in [1.82, 2.24) is 9.88 Å². The Kier molecular flexibility index (Phi) is 4.00. The second-order valence-electron chi connectivity index (χ2n) is 6.88. The predicted octanol–water partition coefficient (Wildman–Crippen LogP) is 5.35. The van der Waals surface area contributed by atoms with E-state index in [-0.39, 0.29) is 0 Å². The number of halogens is 1. The van der Waals surface area contributed by atoms with Gasteiger partial charge >= 0.3 is 0 Å². The lowest BCUT2D eigenvalue weighted by Crippen LogP contribution is -2.46. The van der Waals surface area contributed by atoms with Crippen LogP contribution in [0.15, 0.2) is 42.5 Å². The fourth-order valence-electron chi connectivity index (χ4n) is 3.84. The van der Waals surface area contributed by atoms with Gasteiger partial charge in [0, 0.05) is 52.5 Å². The van der Waals surface area contributed by atoms with Crippen LogP contribution in [0.2, 0.25) is 5.02 Å². The average Bonchev–Trinajstić information content (AvgIpc) is 3.02. The number of fused-ring (bicyclic) bond motifs is 4. The third-order valence-corrected chi connectivity index (χ3v) is 6.70. The lowest BCUT2D eigenvalue weighted by molar-refractivity contribution is 0.271. The fourth-order valence-corrected chi connectivity index (χ4v) is 5.06. The molecule has 0 N–H and O–H groups in total. The Morgan fingerprint density at radius 2 is 1.88 bits per heavy atom. The Morgan fingerprint density at radius 1 is 1.04 bits per heavy atom. The molecular formula is C21H20ClN3S. The van der Waals surface area contributed by atoms with E-state index in [2.05, 4.69) is 47.1 Å². The second-order valence-corrected chi connectivity index (χ2v) is 8.35. The average molecular weight is 382 g/mol. The molecule has 0 aliphatic carbocycles. The number of benzene rings is 2. The molecule has 5 heteroatoms. The Labute approximate surface area is 162 Å². The maximum atomic E-state index is 6.13. The van der Waals surface area contributed by atoms with Crippen LogP contribution < -0.4 is 4.90 Å². The van der Waals surface area contributed by atoms with Crippen LogP contribution in [0.3, 0.4) is 0 Å². The van der Waals surface area contributed by atoms with E-state index in [1.165, 1.54) is 26.7 Å². The maximum absolute atomic E-state index is 6.13. The van der Waals surface area contributed by atoms with Gasteiger partial charge in [0.25, 0.3) is 0 Å². The molecule has 0 unspecified atom stereocenters. The quantitative estimate of drug-likeness (QED) is 0.466. The van der Waals surface area contributed by atoms with Crippen molar-refractivity contribution in [2.24, 2.45) is 0 Å². The van der Waals surface area contributed by atoms with Crippen molar-refractivity contribution in [1.29, 1.82) is 0 Å². The number of likely N-dealkylation sites (N-methyl/N-ethyl adjacent to an activating group) is 1. The van der Waals surface area contributed by atoms with Gasteiger partial charge in [-0.3, -0.25) is 0 Å². The van der Waals surface area contributed by atoms with Crippen LogP contribution in [0.1, 0.15) is 6.92 Å². The molecule has 3 heterocycles. The molecule has 3 aliphatic rings. The number of hydrogen-bond acceptors (Lipinski definition) is 4. The summed E-state index contributed by atoms with van der Waals surface area (Å²) in [6.07, 6.45) is 0. The first-order valence-electron chi connectivity index (χ1n) is 9.11. The van der Waals surface area contributed by atoms with E-state index in [9.17, 15) is 0 Å². The Balaban J connectivity index is 1.57. The van der Waals surface area contributed by atoms with Crippen LogP contribution in [-0.4, -0.2) is 42.6 Å². The molecule has 1 fully saturated rings. The van der Waals surface area contributed by atoms with Crippen LogP contribution >= 0.6 is 22.9 Å². The van der Waals surface area contributed by atoms with Gasteiger partial charge in [-0.2, -0.15) is 0 Å². The molecule has 0 amide bonds. The van der Waals surface area contributed by atoms with Gasteiger partial charge in [-0.05, 0) is 42.3 Å². The smallest absolute Gasteiger partial charge is 0.125 e. The van der Waals surface area contributed by atoms with Crippen LogP contribution in [-0.2, 0) is 0 Å². The van der Waals surface area contributed by atoms with Crippen molar-refractivity contribution in [3.05, 3.63) is 47.5 Å². The lowest BCUT2D eigenvalue weighted by Gasteiger charge is -2.35. The SMILES string of the molecule is CCN1CCN(c2ccc3cc4c5ccc(Cl)cc5nc-4sc3c2)CC1. The minimum absolute atomic E-state index is 0.739. The Morgan fingerprint density at radius 3 is 2.69 bits per heavy atom. The summed E-state index contributed by atoms with van der Waals surface area (Å²) in [5.74, 6) is 0. The maximum Gasteiger partial charge on any atom is 0.125 e. The zero-order chi connectivity index (χ0) is 17.7. The topological polar surface area (TPSA) is 19.4 Å². The highest BCUT2D eigenvalue weighted by Gasteiger charge is 2.18. The molecule has 2 aromatic rings. The van der Waals surface area contributed by atoms with Crippen molar-refractivity contribution >= 4 is 49.6 Å². The molecule has 0 bridgehead atoms. The molecule has 3 aliphatic heterocycles. The summed E-state index contributed by atoms with van der Waals surface area (Å²) in [5, 5.41) is 4.29.